The molecule has 25 heavy (non-hydrogen) atoms. The lowest BCUT2D eigenvalue weighted by Crippen LogP contribution is -2.35. The Balaban J connectivity index is 1.54. The normalized spacial score (nSPS) is 16.9. The minimum absolute atomic E-state index is 0.354. The van der Waals surface area contributed by atoms with Gasteiger partial charge in [-0.2, -0.15) is 4.31 Å². The van der Waals surface area contributed by atoms with E-state index in [1.807, 2.05) is 18.2 Å². The quantitative estimate of drug-likeness (QED) is 0.705. The molecule has 130 valence electrons. The highest BCUT2D eigenvalue weighted by Gasteiger charge is 2.27. The van der Waals surface area contributed by atoms with Gasteiger partial charge in [-0.25, -0.2) is 18.4 Å². The first-order valence-corrected chi connectivity index (χ1v) is 10.4. The molecule has 0 aliphatic carbocycles. The first kappa shape index (κ1) is 16.4. The average Bonchev–Trinajstić information content (AvgIpc) is 2.91. The zero-order chi connectivity index (χ0) is 17.3. The van der Waals surface area contributed by atoms with Crippen molar-refractivity contribution in [1.82, 2.24) is 14.3 Å². The molecule has 1 aliphatic heterocycles. The molecule has 4 rings (SSSR count). The van der Waals surface area contributed by atoms with E-state index in [0.717, 1.165) is 28.4 Å². The van der Waals surface area contributed by atoms with E-state index in [-0.39, 0.29) is 0 Å². The van der Waals surface area contributed by atoms with Crippen molar-refractivity contribution < 1.29 is 8.42 Å². The van der Waals surface area contributed by atoms with Crippen LogP contribution in [0.2, 0.25) is 0 Å². The Morgan fingerprint density at radius 1 is 0.960 bits per heavy atom. The van der Waals surface area contributed by atoms with Gasteiger partial charge in [0.05, 0.1) is 4.90 Å². The number of thiazole rings is 1. The summed E-state index contributed by atoms with van der Waals surface area (Å²) in [5, 5.41) is 0.910. The van der Waals surface area contributed by atoms with Crippen molar-refractivity contribution >= 4 is 36.8 Å². The van der Waals surface area contributed by atoms with Crippen molar-refractivity contribution in [3.63, 3.8) is 0 Å². The van der Waals surface area contributed by atoms with Crippen molar-refractivity contribution in [1.29, 1.82) is 0 Å². The van der Waals surface area contributed by atoms with Crippen LogP contribution in [0, 0.1) is 0 Å². The smallest absolute Gasteiger partial charge is 0.243 e. The third-order valence-corrected chi connectivity index (χ3v) is 7.21. The zero-order valence-electron chi connectivity index (χ0n) is 13.6. The molecule has 0 radical (unpaired) electrons. The fraction of sp³-hybridized carbons (Fsp3) is 0.294. The van der Waals surface area contributed by atoms with Gasteiger partial charge < -0.3 is 4.90 Å². The van der Waals surface area contributed by atoms with E-state index in [1.54, 1.807) is 46.1 Å². The molecule has 1 saturated heterocycles. The van der Waals surface area contributed by atoms with Gasteiger partial charge in [0.25, 0.3) is 0 Å². The van der Waals surface area contributed by atoms with E-state index in [1.165, 1.54) is 0 Å². The van der Waals surface area contributed by atoms with Crippen LogP contribution in [-0.4, -0.2) is 48.9 Å². The number of pyridine rings is 1. The first-order valence-electron chi connectivity index (χ1n) is 8.16. The van der Waals surface area contributed by atoms with Crippen LogP contribution in [0.25, 0.3) is 10.3 Å². The van der Waals surface area contributed by atoms with Gasteiger partial charge in [0, 0.05) is 32.4 Å². The molecule has 1 aromatic carbocycles. The molecule has 0 spiro atoms. The van der Waals surface area contributed by atoms with Gasteiger partial charge in [0.1, 0.15) is 10.3 Å². The van der Waals surface area contributed by atoms with Crippen LogP contribution >= 0.6 is 11.3 Å². The fourth-order valence-corrected chi connectivity index (χ4v) is 5.41. The number of hydrogen-bond acceptors (Lipinski definition) is 6. The molecule has 0 saturated carbocycles. The van der Waals surface area contributed by atoms with E-state index in [4.69, 9.17) is 0 Å². The number of rotatable bonds is 3. The highest BCUT2D eigenvalue weighted by molar-refractivity contribution is 7.89. The zero-order valence-corrected chi connectivity index (χ0v) is 15.2. The monoisotopic (exact) mass is 374 g/mol. The number of benzene rings is 1. The van der Waals surface area contributed by atoms with Crippen LogP contribution in [-0.2, 0) is 10.0 Å². The molecular formula is C17H18N4O2S2. The molecule has 1 aliphatic rings. The average molecular weight is 374 g/mol. The number of nitrogens with zero attached hydrogens (tertiary/aromatic N) is 4. The van der Waals surface area contributed by atoms with Crippen molar-refractivity contribution in [2.24, 2.45) is 0 Å². The summed E-state index contributed by atoms with van der Waals surface area (Å²) in [5.74, 6) is 0. The Kier molecular flexibility index (Phi) is 4.41. The van der Waals surface area contributed by atoms with Crippen LogP contribution in [0.1, 0.15) is 6.42 Å². The maximum Gasteiger partial charge on any atom is 0.243 e. The molecule has 0 amide bonds. The van der Waals surface area contributed by atoms with Crippen molar-refractivity contribution in [3.05, 3.63) is 48.7 Å². The Labute approximate surface area is 150 Å². The topological polar surface area (TPSA) is 66.4 Å². The summed E-state index contributed by atoms with van der Waals surface area (Å²) in [6.45, 7) is 2.41. The van der Waals surface area contributed by atoms with Crippen molar-refractivity contribution in [2.45, 2.75) is 11.3 Å². The van der Waals surface area contributed by atoms with Crippen molar-refractivity contribution in [2.75, 3.05) is 31.1 Å². The van der Waals surface area contributed by atoms with Crippen LogP contribution in [0.15, 0.2) is 53.6 Å². The van der Waals surface area contributed by atoms with Gasteiger partial charge >= 0.3 is 0 Å². The molecule has 1 fully saturated rings. The standard InChI is InChI=1S/C17H18N4O2S2/c22-25(23,14-6-2-1-3-7-14)21-11-5-10-20(12-13-21)17-19-15-8-4-9-18-16(15)24-17/h1-4,6-9H,5,10-13H2. The third kappa shape index (κ3) is 3.24. The van der Waals surface area contributed by atoms with Crippen molar-refractivity contribution in [3.8, 4) is 0 Å². The van der Waals surface area contributed by atoms with E-state index in [0.29, 0.717) is 24.5 Å². The number of hydrogen-bond donors (Lipinski definition) is 0. The Morgan fingerprint density at radius 3 is 2.60 bits per heavy atom. The number of anilines is 1. The molecule has 0 bridgehead atoms. The summed E-state index contributed by atoms with van der Waals surface area (Å²) in [4.78, 5) is 12.4. The molecule has 0 unspecified atom stereocenters. The van der Waals surface area contributed by atoms with Gasteiger partial charge in [-0.15, -0.1) is 0 Å². The lowest BCUT2D eigenvalue weighted by molar-refractivity contribution is 0.433. The van der Waals surface area contributed by atoms with E-state index < -0.39 is 10.0 Å². The predicted molar refractivity (Wildman–Crippen MR) is 99.4 cm³/mol. The Bertz CT molecular complexity index is 939. The lowest BCUT2D eigenvalue weighted by atomic mass is 10.4. The van der Waals surface area contributed by atoms with Crippen LogP contribution in [0.5, 0.6) is 0 Å². The minimum Gasteiger partial charge on any atom is -0.347 e. The van der Waals surface area contributed by atoms with Gasteiger partial charge in [0.2, 0.25) is 10.0 Å². The molecule has 3 aromatic rings. The molecule has 0 N–H and O–H groups in total. The van der Waals surface area contributed by atoms with Crippen LogP contribution in [0.4, 0.5) is 5.13 Å². The lowest BCUT2D eigenvalue weighted by Gasteiger charge is -2.21. The van der Waals surface area contributed by atoms with Gasteiger partial charge in [-0.3, -0.25) is 0 Å². The minimum atomic E-state index is -3.44. The van der Waals surface area contributed by atoms with E-state index >= 15 is 0 Å². The number of sulfonamides is 1. The maximum atomic E-state index is 12.8. The summed E-state index contributed by atoms with van der Waals surface area (Å²) in [5.41, 5.74) is 0.889. The highest BCUT2D eigenvalue weighted by Crippen LogP contribution is 2.28. The van der Waals surface area contributed by atoms with Gasteiger partial charge in [-0.1, -0.05) is 29.5 Å². The molecular weight excluding hydrogens is 356 g/mol. The number of aromatic nitrogens is 2. The summed E-state index contributed by atoms with van der Waals surface area (Å²) < 4.78 is 27.2. The van der Waals surface area contributed by atoms with Gasteiger partial charge in [-0.05, 0) is 30.7 Å². The molecule has 2 aromatic heterocycles. The molecule has 0 atom stereocenters. The second-order valence-corrected chi connectivity index (χ2v) is 8.78. The Hall–Kier alpha value is -2.03. The summed E-state index contributed by atoms with van der Waals surface area (Å²) >= 11 is 1.55. The summed E-state index contributed by atoms with van der Waals surface area (Å²) in [7, 11) is -3.44. The second-order valence-electron chi connectivity index (χ2n) is 5.88. The molecule has 3 heterocycles. The fourth-order valence-electron chi connectivity index (χ4n) is 2.96. The number of fused-ring (bicyclic) bond motifs is 1. The van der Waals surface area contributed by atoms with Crippen LogP contribution < -0.4 is 4.90 Å². The second kappa shape index (κ2) is 6.70. The van der Waals surface area contributed by atoms with E-state index in [2.05, 4.69) is 14.9 Å². The summed E-state index contributed by atoms with van der Waals surface area (Å²) in [6.07, 6.45) is 2.54. The predicted octanol–water partition coefficient (Wildman–Crippen LogP) is 2.59. The van der Waals surface area contributed by atoms with E-state index in [9.17, 15) is 8.42 Å². The summed E-state index contributed by atoms with van der Waals surface area (Å²) in [6, 6.07) is 12.5. The highest BCUT2D eigenvalue weighted by atomic mass is 32.2. The molecule has 8 heteroatoms. The third-order valence-electron chi connectivity index (χ3n) is 4.26. The maximum absolute atomic E-state index is 12.8. The Morgan fingerprint density at radius 2 is 1.80 bits per heavy atom. The SMILES string of the molecule is O=S(=O)(c1ccccc1)N1CCCN(c2nc3cccnc3s2)CC1. The first-order chi connectivity index (χ1) is 12.1. The largest absolute Gasteiger partial charge is 0.347 e. The van der Waals surface area contributed by atoms with Crippen LogP contribution in [0.3, 0.4) is 0 Å². The molecule has 6 nitrogen and oxygen atoms in total. The van der Waals surface area contributed by atoms with Gasteiger partial charge in [0.15, 0.2) is 5.13 Å².